The van der Waals surface area contributed by atoms with E-state index in [-0.39, 0.29) is 11.9 Å². The van der Waals surface area contributed by atoms with Gasteiger partial charge in [0.2, 0.25) is 21.8 Å². The molecular formula is C29H37N3O4S. The molecule has 198 valence electrons. The van der Waals surface area contributed by atoms with Gasteiger partial charge in [0.25, 0.3) is 0 Å². The maximum absolute atomic E-state index is 13.8. The van der Waals surface area contributed by atoms with Gasteiger partial charge in [-0.25, -0.2) is 8.42 Å². The van der Waals surface area contributed by atoms with Crippen LogP contribution in [0.25, 0.3) is 10.8 Å². The van der Waals surface area contributed by atoms with Gasteiger partial charge in [-0.3, -0.25) is 13.9 Å². The molecule has 2 amide bonds. The van der Waals surface area contributed by atoms with Crippen LogP contribution in [0.2, 0.25) is 0 Å². The molecule has 3 aromatic rings. The van der Waals surface area contributed by atoms with E-state index in [1.807, 2.05) is 81.4 Å². The van der Waals surface area contributed by atoms with Gasteiger partial charge in [0.1, 0.15) is 12.6 Å². The molecule has 0 saturated heterocycles. The molecule has 0 radical (unpaired) electrons. The fraction of sp³-hybridized carbons (Fsp3) is 0.379. The minimum atomic E-state index is -3.80. The molecule has 37 heavy (non-hydrogen) atoms. The highest BCUT2D eigenvalue weighted by Crippen LogP contribution is 2.28. The molecule has 0 aromatic heterocycles. The lowest BCUT2D eigenvalue weighted by molar-refractivity contribution is -0.139. The highest BCUT2D eigenvalue weighted by Gasteiger charge is 2.32. The van der Waals surface area contributed by atoms with Gasteiger partial charge in [-0.15, -0.1) is 0 Å². The molecule has 1 N–H and O–H groups in total. The fourth-order valence-electron chi connectivity index (χ4n) is 4.36. The minimum absolute atomic E-state index is 0.0316. The number of nitrogens with one attached hydrogen (secondary N) is 1. The number of rotatable bonds is 12. The van der Waals surface area contributed by atoms with Gasteiger partial charge in [-0.2, -0.15) is 0 Å². The molecule has 2 atom stereocenters. The van der Waals surface area contributed by atoms with Gasteiger partial charge < -0.3 is 10.2 Å². The number of hydrogen-bond donors (Lipinski definition) is 1. The Kier molecular flexibility index (Phi) is 9.69. The summed E-state index contributed by atoms with van der Waals surface area (Å²) in [4.78, 5) is 28.6. The highest BCUT2D eigenvalue weighted by atomic mass is 32.2. The molecule has 0 spiro atoms. The second-order valence-electron chi connectivity index (χ2n) is 9.33. The van der Waals surface area contributed by atoms with E-state index in [9.17, 15) is 18.0 Å². The van der Waals surface area contributed by atoms with Crippen molar-refractivity contribution < 1.29 is 18.0 Å². The number of carbonyl (C=O) groups excluding carboxylic acids is 2. The minimum Gasteiger partial charge on any atom is -0.352 e. The smallest absolute Gasteiger partial charge is 0.244 e. The number of carbonyl (C=O) groups is 2. The number of amides is 2. The van der Waals surface area contributed by atoms with E-state index in [0.29, 0.717) is 25.1 Å². The zero-order chi connectivity index (χ0) is 27.0. The van der Waals surface area contributed by atoms with E-state index < -0.39 is 28.5 Å². The first-order chi connectivity index (χ1) is 17.7. The molecule has 0 heterocycles. The highest BCUT2D eigenvalue weighted by molar-refractivity contribution is 7.92. The molecule has 0 aliphatic rings. The normalized spacial score (nSPS) is 13.1. The standard InChI is InChI=1S/C29H37N3O4S/c1-5-22(3)30-29(34)26(6-2)31(20-19-23-13-8-7-9-14-23)28(33)21-32(37(4,35)36)27-18-12-16-24-15-10-11-17-25(24)27/h7-18,22,26H,5-6,19-21H2,1-4H3,(H,30,34)/t22-,26-/m0/s1. The summed E-state index contributed by atoms with van der Waals surface area (Å²) in [6.07, 6.45) is 2.83. The van der Waals surface area contributed by atoms with Crippen LogP contribution in [0, 0.1) is 0 Å². The number of anilines is 1. The van der Waals surface area contributed by atoms with Crippen molar-refractivity contribution in [1.82, 2.24) is 10.2 Å². The summed E-state index contributed by atoms with van der Waals surface area (Å²) in [5, 5.41) is 4.60. The van der Waals surface area contributed by atoms with Crippen molar-refractivity contribution in [2.24, 2.45) is 0 Å². The average Bonchev–Trinajstić information content (AvgIpc) is 2.89. The maximum Gasteiger partial charge on any atom is 0.244 e. The van der Waals surface area contributed by atoms with Crippen LogP contribution in [0.3, 0.4) is 0 Å². The molecule has 8 heteroatoms. The molecule has 0 unspecified atom stereocenters. The Balaban J connectivity index is 1.96. The summed E-state index contributed by atoms with van der Waals surface area (Å²) in [6, 6.07) is 21.9. The molecule has 0 saturated carbocycles. The first-order valence-electron chi connectivity index (χ1n) is 12.7. The van der Waals surface area contributed by atoms with Crippen LogP contribution in [0.15, 0.2) is 72.8 Å². The Morgan fingerprint density at radius 1 is 0.892 bits per heavy atom. The van der Waals surface area contributed by atoms with Gasteiger partial charge in [-0.1, -0.05) is 80.6 Å². The summed E-state index contributed by atoms with van der Waals surface area (Å²) in [7, 11) is -3.80. The summed E-state index contributed by atoms with van der Waals surface area (Å²) in [5.74, 6) is -0.644. The van der Waals surface area contributed by atoms with Gasteiger partial charge in [-0.05, 0) is 43.2 Å². The van der Waals surface area contributed by atoms with Crippen molar-refractivity contribution in [1.29, 1.82) is 0 Å². The van der Waals surface area contributed by atoms with Crippen molar-refractivity contribution in [2.45, 2.75) is 52.1 Å². The van der Waals surface area contributed by atoms with Crippen molar-refractivity contribution in [3.8, 4) is 0 Å². The monoisotopic (exact) mass is 523 g/mol. The quantitative estimate of drug-likeness (QED) is 0.382. The van der Waals surface area contributed by atoms with E-state index in [1.54, 1.807) is 12.1 Å². The summed E-state index contributed by atoms with van der Waals surface area (Å²) < 4.78 is 27.0. The number of benzene rings is 3. The number of nitrogens with zero attached hydrogens (tertiary/aromatic N) is 2. The third kappa shape index (κ3) is 7.32. The topological polar surface area (TPSA) is 86.8 Å². The van der Waals surface area contributed by atoms with Crippen LogP contribution in [0.1, 0.15) is 39.2 Å². The van der Waals surface area contributed by atoms with Crippen LogP contribution in [0.5, 0.6) is 0 Å². The Morgan fingerprint density at radius 2 is 1.54 bits per heavy atom. The molecule has 0 aliphatic heterocycles. The first-order valence-corrected chi connectivity index (χ1v) is 14.6. The second kappa shape index (κ2) is 12.7. The van der Waals surface area contributed by atoms with Crippen molar-refractivity contribution in [3.05, 3.63) is 78.4 Å². The molecule has 0 fully saturated rings. The lowest BCUT2D eigenvalue weighted by atomic mass is 10.1. The largest absolute Gasteiger partial charge is 0.352 e. The molecular weight excluding hydrogens is 486 g/mol. The third-order valence-electron chi connectivity index (χ3n) is 6.59. The average molecular weight is 524 g/mol. The van der Waals surface area contributed by atoms with Gasteiger partial charge in [0.05, 0.1) is 11.9 Å². The zero-order valence-electron chi connectivity index (χ0n) is 22.1. The molecule has 3 rings (SSSR count). The molecule has 3 aromatic carbocycles. The van der Waals surface area contributed by atoms with Crippen molar-refractivity contribution in [3.63, 3.8) is 0 Å². The van der Waals surface area contributed by atoms with Crippen molar-refractivity contribution >= 4 is 38.3 Å². The summed E-state index contributed by atoms with van der Waals surface area (Å²) in [6.45, 7) is 5.67. The Labute approximate surface area is 220 Å². The van der Waals surface area contributed by atoms with E-state index in [0.717, 1.165) is 33.3 Å². The SMILES string of the molecule is CC[C@H](C)NC(=O)[C@H](CC)N(CCc1ccccc1)C(=O)CN(c1cccc2ccccc12)S(C)(=O)=O. The molecule has 7 nitrogen and oxygen atoms in total. The summed E-state index contributed by atoms with van der Waals surface area (Å²) >= 11 is 0. The van der Waals surface area contributed by atoms with Crippen LogP contribution < -0.4 is 9.62 Å². The van der Waals surface area contributed by atoms with Crippen LogP contribution in [-0.2, 0) is 26.0 Å². The van der Waals surface area contributed by atoms with E-state index in [1.165, 1.54) is 4.90 Å². The Morgan fingerprint density at radius 3 is 2.19 bits per heavy atom. The lowest BCUT2D eigenvalue weighted by Gasteiger charge is -2.33. The Bertz CT molecular complexity index is 1310. The lowest BCUT2D eigenvalue weighted by Crippen LogP contribution is -2.54. The predicted molar refractivity (Wildman–Crippen MR) is 150 cm³/mol. The second-order valence-corrected chi connectivity index (χ2v) is 11.2. The summed E-state index contributed by atoms with van der Waals surface area (Å²) in [5.41, 5.74) is 1.47. The van der Waals surface area contributed by atoms with Crippen LogP contribution >= 0.6 is 0 Å². The molecule has 0 aliphatic carbocycles. The zero-order valence-corrected chi connectivity index (χ0v) is 22.9. The fourth-order valence-corrected chi connectivity index (χ4v) is 5.22. The number of fused-ring (bicyclic) bond motifs is 1. The molecule has 0 bridgehead atoms. The van der Waals surface area contributed by atoms with Gasteiger partial charge in [0, 0.05) is 18.0 Å². The number of sulfonamides is 1. The van der Waals surface area contributed by atoms with E-state index in [4.69, 9.17) is 0 Å². The van der Waals surface area contributed by atoms with E-state index in [2.05, 4.69) is 5.32 Å². The van der Waals surface area contributed by atoms with Gasteiger partial charge >= 0.3 is 0 Å². The maximum atomic E-state index is 13.8. The van der Waals surface area contributed by atoms with Crippen LogP contribution in [-0.4, -0.2) is 56.6 Å². The Hall–Kier alpha value is -3.39. The van der Waals surface area contributed by atoms with Crippen molar-refractivity contribution in [2.75, 3.05) is 23.7 Å². The van der Waals surface area contributed by atoms with E-state index >= 15 is 0 Å². The third-order valence-corrected chi connectivity index (χ3v) is 7.71. The first kappa shape index (κ1) is 28.2. The van der Waals surface area contributed by atoms with Crippen LogP contribution in [0.4, 0.5) is 5.69 Å². The number of hydrogen-bond acceptors (Lipinski definition) is 4. The predicted octanol–water partition coefficient (Wildman–Crippen LogP) is 4.37. The van der Waals surface area contributed by atoms with Gasteiger partial charge in [0.15, 0.2) is 0 Å².